The molecule has 0 heterocycles. The smallest absolute Gasteiger partial charge is 0.129 e. The summed E-state index contributed by atoms with van der Waals surface area (Å²) in [5, 5.41) is 7.56. The Balaban J connectivity index is 2.91. The Morgan fingerprint density at radius 2 is 2.17 bits per heavy atom. The molecule has 1 aromatic carbocycles. The molecule has 0 fully saturated rings. The maximum absolute atomic E-state index is 7.56. The Kier molecular flexibility index (Phi) is 5.16. The molecule has 0 aliphatic rings. The van der Waals surface area contributed by atoms with Crippen molar-refractivity contribution in [2.24, 2.45) is 5.73 Å². The van der Waals surface area contributed by atoms with E-state index in [9.17, 15) is 0 Å². The molecule has 1 rings (SSSR count). The Hall–Kier alpha value is -1.55. The molecule has 0 aromatic heterocycles. The molecule has 1 unspecified atom stereocenters. The van der Waals surface area contributed by atoms with Gasteiger partial charge in [0.2, 0.25) is 0 Å². The molecule has 0 radical (unpaired) electrons. The summed E-state index contributed by atoms with van der Waals surface area (Å²) in [6.45, 7) is 5.23. The predicted octanol–water partition coefficient (Wildman–Crippen LogP) is 2.21. The number of nitrogens with zero attached hydrogens (tertiary/aromatic N) is 1. The van der Waals surface area contributed by atoms with Crippen molar-refractivity contribution in [1.29, 1.82) is 5.41 Å². The summed E-state index contributed by atoms with van der Waals surface area (Å²) in [6, 6.07) is 6.36. The van der Waals surface area contributed by atoms with Gasteiger partial charge in [0.25, 0.3) is 0 Å². The fourth-order valence-electron chi connectivity index (χ4n) is 1.82. The number of hydrogen-bond donors (Lipinski definition) is 2. The van der Waals surface area contributed by atoms with Gasteiger partial charge in [-0.1, -0.05) is 13.0 Å². The zero-order valence-corrected chi connectivity index (χ0v) is 11.7. The van der Waals surface area contributed by atoms with Gasteiger partial charge >= 0.3 is 0 Å². The van der Waals surface area contributed by atoms with Crippen molar-refractivity contribution in [2.45, 2.75) is 32.9 Å². The Bertz CT molecular complexity index is 418. The molecular formula is C14H23N3O. The number of nitrogens with one attached hydrogen (secondary N) is 1. The summed E-state index contributed by atoms with van der Waals surface area (Å²) in [6.07, 6.45) is 1.12. The van der Waals surface area contributed by atoms with Gasteiger partial charge in [-0.25, -0.2) is 0 Å². The van der Waals surface area contributed by atoms with E-state index in [-0.39, 0.29) is 5.84 Å². The largest absolute Gasteiger partial charge is 0.496 e. The van der Waals surface area contributed by atoms with Gasteiger partial charge in [0.15, 0.2) is 0 Å². The van der Waals surface area contributed by atoms with Crippen molar-refractivity contribution in [2.75, 3.05) is 14.2 Å². The number of amidine groups is 1. The fourth-order valence-corrected chi connectivity index (χ4v) is 1.82. The van der Waals surface area contributed by atoms with E-state index < -0.39 is 0 Å². The van der Waals surface area contributed by atoms with E-state index in [1.54, 1.807) is 7.11 Å². The van der Waals surface area contributed by atoms with Crippen molar-refractivity contribution in [3.8, 4) is 5.75 Å². The van der Waals surface area contributed by atoms with Crippen molar-refractivity contribution in [1.82, 2.24) is 4.90 Å². The number of nitrogens with two attached hydrogens (primary N) is 1. The summed E-state index contributed by atoms with van der Waals surface area (Å²) in [4.78, 5) is 2.28. The van der Waals surface area contributed by atoms with Crippen LogP contribution in [0.1, 0.15) is 31.4 Å². The van der Waals surface area contributed by atoms with Crippen LogP contribution in [-0.4, -0.2) is 30.9 Å². The second-order valence-corrected chi connectivity index (χ2v) is 4.62. The number of benzene rings is 1. The minimum atomic E-state index is 0.0416. The van der Waals surface area contributed by atoms with Gasteiger partial charge < -0.3 is 10.5 Å². The van der Waals surface area contributed by atoms with Crippen LogP contribution in [0.15, 0.2) is 18.2 Å². The van der Waals surface area contributed by atoms with Crippen LogP contribution < -0.4 is 10.5 Å². The maximum Gasteiger partial charge on any atom is 0.129 e. The molecule has 0 aliphatic carbocycles. The average Bonchev–Trinajstić information content (AvgIpc) is 2.37. The van der Waals surface area contributed by atoms with Crippen LogP contribution in [0.2, 0.25) is 0 Å². The van der Waals surface area contributed by atoms with Crippen molar-refractivity contribution in [3.05, 3.63) is 29.3 Å². The van der Waals surface area contributed by atoms with Crippen molar-refractivity contribution >= 4 is 5.84 Å². The number of ether oxygens (including phenoxy) is 1. The quantitative estimate of drug-likeness (QED) is 0.600. The summed E-state index contributed by atoms with van der Waals surface area (Å²) in [5.41, 5.74) is 7.37. The molecule has 0 saturated heterocycles. The van der Waals surface area contributed by atoms with Gasteiger partial charge in [-0.3, -0.25) is 10.3 Å². The van der Waals surface area contributed by atoms with Crippen molar-refractivity contribution < 1.29 is 4.74 Å². The van der Waals surface area contributed by atoms with Crippen molar-refractivity contribution in [3.63, 3.8) is 0 Å². The van der Waals surface area contributed by atoms with E-state index in [2.05, 4.69) is 25.8 Å². The van der Waals surface area contributed by atoms with Gasteiger partial charge in [-0.05, 0) is 38.1 Å². The zero-order valence-electron chi connectivity index (χ0n) is 11.7. The second kappa shape index (κ2) is 6.40. The molecule has 1 atom stereocenters. The van der Waals surface area contributed by atoms with E-state index in [0.717, 1.165) is 18.5 Å². The number of rotatable bonds is 6. The number of hydrogen-bond acceptors (Lipinski definition) is 3. The third-order valence-corrected chi connectivity index (χ3v) is 3.33. The summed E-state index contributed by atoms with van der Waals surface area (Å²) in [7, 11) is 3.69. The first-order valence-corrected chi connectivity index (χ1v) is 6.21. The minimum Gasteiger partial charge on any atom is -0.496 e. The highest BCUT2D eigenvalue weighted by Crippen LogP contribution is 2.20. The summed E-state index contributed by atoms with van der Waals surface area (Å²) >= 11 is 0. The fraction of sp³-hybridized carbons (Fsp3) is 0.500. The molecule has 0 aliphatic heterocycles. The molecule has 0 amide bonds. The molecular weight excluding hydrogens is 226 g/mol. The lowest BCUT2D eigenvalue weighted by Gasteiger charge is -2.23. The molecule has 3 N–H and O–H groups in total. The van der Waals surface area contributed by atoms with Crippen LogP contribution in [0.5, 0.6) is 5.75 Å². The van der Waals surface area contributed by atoms with Crippen LogP contribution in [0, 0.1) is 5.41 Å². The van der Waals surface area contributed by atoms with Gasteiger partial charge in [0, 0.05) is 12.6 Å². The molecule has 18 heavy (non-hydrogen) atoms. The van der Waals surface area contributed by atoms with Gasteiger partial charge in [0.1, 0.15) is 11.6 Å². The first kappa shape index (κ1) is 14.5. The maximum atomic E-state index is 7.56. The molecule has 4 nitrogen and oxygen atoms in total. The molecule has 0 spiro atoms. The lowest BCUT2D eigenvalue weighted by molar-refractivity contribution is 0.244. The Morgan fingerprint density at radius 1 is 1.50 bits per heavy atom. The average molecular weight is 249 g/mol. The molecule has 1 aromatic rings. The number of methoxy groups -OCH3 is 1. The normalized spacial score (nSPS) is 12.5. The Morgan fingerprint density at radius 3 is 2.67 bits per heavy atom. The standard InChI is InChI=1S/C14H23N3O/c1-5-10(2)17(3)9-11-6-7-13(18-4)12(8-11)14(15)16/h6-8,10H,5,9H2,1-4H3,(H3,15,16). The highest BCUT2D eigenvalue weighted by molar-refractivity contribution is 5.97. The molecule has 0 saturated carbocycles. The lowest BCUT2D eigenvalue weighted by Crippen LogP contribution is -2.28. The SMILES string of the molecule is CCC(C)N(C)Cc1ccc(OC)c(C(=N)N)c1. The van der Waals surface area contributed by atoms with E-state index in [1.807, 2.05) is 18.2 Å². The molecule has 0 bridgehead atoms. The first-order valence-electron chi connectivity index (χ1n) is 6.21. The summed E-state index contributed by atoms with van der Waals surface area (Å²) < 4.78 is 5.20. The topological polar surface area (TPSA) is 62.3 Å². The molecule has 4 heteroatoms. The first-order chi connectivity index (χ1) is 8.49. The zero-order chi connectivity index (χ0) is 13.7. The number of nitrogen functional groups attached to an aromatic ring is 1. The molecule has 100 valence electrons. The van der Waals surface area contributed by atoms with E-state index in [0.29, 0.717) is 17.4 Å². The third kappa shape index (κ3) is 3.47. The van der Waals surface area contributed by atoms with Crippen LogP contribution in [0.25, 0.3) is 0 Å². The van der Waals surface area contributed by atoms with E-state index in [1.165, 1.54) is 0 Å². The minimum absolute atomic E-state index is 0.0416. The van der Waals surface area contributed by atoms with E-state index in [4.69, 9.17) is 15.9 Å². The second-order valence-electron chi connectivity index (χ2n) is 4.62. The van der Waals surface area contributed by atoms with Gasteiger partial charge in [0.05, 0.1) is 12.7 Å². The van der Waals surface area contributed by atoms with Crippen LogP contribution in [0.3, 0.4) is 0 Å². The van der Waals surface area contributed by atoms with Crippen LogP contribution in [-0.2, 0) is 6.54 Å². The Labute approximate surface area is 109 Å². The van der Waals surface area contributed by atoms with E-state index >= 15 is 0 Å². The monoisotopic (exact) mass is 249 g/mol. The highest BCUT2D eigenvalue weighted by atomic mass is 16.5. The van der Waals surface area contributed by atoms with Crippen LogP contribution >= 0.6 is 0 Å². The van der Waals surface area contributed by atoms with Gasteiger partial charge in [-0.15, -0.1) is 0 Å². The predicted molar refractivity (Wildman–Crippen MR) is 75.2 cm³/mol. The van der Waals surface area contributed by atoms with Gasteiger partial charge in [-0.2, -0.15) is 0 Å². The summed E-state index contributed by atoms with van der Waals surface area (Å²) in [5.74, 6) is 0.692. The highest BCUT2D eigenvalue weighted by Gasteiger charge is 2.11. The van der Waals surface area contributed by atoms with Crippen LogP contribution in [0.4, 0.5) is 0 Å². The lowest BCUT2D eigenvalue weighted by atomic mass is 10.1. The third-order valence-electron chi connectivity index (χ3n) is 3.33.